The number of carbonyl (C=O) groups excluding carboxylic acids is 1. The fourth-order valence-corrected chi connectivity index (χ4v) is 2.57. The predicted octanol–water partition coefficient (Wildman–Crippen LogP) is 0.840. The molecule has 1 atom stereocenters. The van der Waals surface area contributed by atoms with Gasteiger partial charge in [-0.1, -0.05) is 11.3 Å². The van der Waals surface area contributed by atoms with Gasteiger partial charge < -0.3 is 15.7 Å². The van der Waals surface area contributed by atoms with E-state index in [9.17, 15) is 9.59 Å². The summed E-state index contributed by atoms with van der Waals surface area (Å²) in [5, 5.41) is 15.4. The molecule has 6 nitrogen and oxygen atoms in total. The van der Waals surface area contributed by atoms with Crippen LogP contribution in [-0.4, -0.2) is 34.6 Å². The number of carboxylic acids is 1. The number of thiazole rings is 1. The van der Waals surface area contributed by atoms with Gasteiger partial charge >= 0.3 is 5.97 Å². The molecule has 1 amide bonds. The molecule has 0 bridgehead atoms. The highest BCUT2D eigenvalue weighted by Gasteiger charge is 2.20. The average molecular weight is 255 g/mol. The molecule has 2 rings (SSSR count). The Kier molecular flexibility index (Phi) is 3.28. The van der Waals surface area contributed by atoms with Gasteiger partial charge in [0.2, 0.25) is 5.91 Å². The first-order valence-corrected chi connectivity index (χ1v) is 6.12. The van der Waals surface area contributed by atoms with Crippen LogP contribution >= 0.6 is 11.3 Å². The second-order valence-electron chi connectivity index (χ2n) is 3.92. The van der Waals surface area contributed by atoms with Crippen molar-refractivity contribution < 1.29 is 14.7 Å². The largest absolute Gasteiger partial charge is 0.477 e. The Balaban J connectivity index is 2.01. The van der Waals surface area contributed by atoms with E-state index in [0.29, 0.717) is 23.8 Å². The normalized spacial score (nSPS) is 19.8. The van der Waals surface area contributed by atoms with Gasteiger partial charge in [-0.15, -0.1) is 0 Å². The van der Waals surface area contributed by atoms with Crippen molar-refractivity contribution in [3.05, 3.63) is 10.6 Å². The Morgan fingerprint density at radius 2 is 2.41 bits per heavy atom. The van der Waals surface area contributed by atoms with Gasteiger partial charge in [0.1, 0.15) is 4.88 Å². The minimum absolute atomic E-state index is 0.0598. The van der Waals surface area contributed by atoms with Crippen LogP contribution in [0.1, 0.15) is 28.2 Å². The second-order valence-corrected chi connectivity index (χ2v) is 4.92. The fraction of sp³-hybridized carbons (Fsp3) is 0.500. The number of carbonyl (C=O) groups is 2. The molecule has 1 aliphatic heterocycles. The van der Waals surface area contributed by atoms with Crippen molar-refractivity contribution in [1.82, 2.24) is 10.3 Å². The SMILES string of the molecule is Cc1nc(NC2CCC(=O)NC2)sc1C(=O)O. The number of aromatic carboxylic acids is 1. The lowest BCUT2D eigenvalue weighted by Gasteiger charge is -2.22. The molecule has 1 saturated heterocycles. The zero-order chi connectivity index (χ0) is 12.4. The molecule has 1 aromatic rings. The molecule has 7 heteroatoms. The first-order valence-electron chi connectivity index (χ1n) is 5.30. The molecule has 0 saturated carbocycles. The minimum atomic E-state index is -0.954. The molecule has 17 heavy (non-hydrogen) atoms. The van der Waals surface area contributed by atoms with Gasteiger partial charge in [0.05, 0.1) is 5.69 Å². The number of rotatable bonds is 3. The Labute approximate surface area is 102 Å². The van der Waals surface area contributed by atoms with Crippen molar-refractivity contribution in [2.75, 3.05) is 11.9 Å². The van der Waals surface area contributed by atoms with Gasteiger partial charge in [-0.05, 0) is 13.3 Å². The monoisotopic (exact) mass is 255 g/mol. The molecule has 1 aliphatic rings. The number of nitrogens with zero attached hydrogens (tertiary/aromatic N) is 1. The topological polar surface area (TPSA) is 91.3 Å². The van der Waals surface area contributed by atoms with E-state index in [4.69, 9.17) is 5.11 Å². The van der Waals surface area contributed by atoms with Crippen LogP contribution in [-0.2, 0) is 4.79 Å². The average Bonchev–Trinajstić information content (AvgIpc) is 2.63. The van der Waals surface area contributed by atoms with Gasteiger partial charge in [-0.25, -0.2) is 9.78 Å². The zero-order valence-corrected chi connectivity index (χ0v) is 10.1. The van der Waals surface area contributed by atoms with Gasteiger partial charge in [0.15, 0.2) is 5.13 Å². The summed E-state index contributed by atoms with van der Waals surface area (Å²) in [5.41, 5.74) is 0.518. The zero-order valence-electron chi connectivity index (χ0n) is 9.32. The molecule has 0 aromatic carbocycles. The summed E-state index contributed by atoms with van der Waals surface area (Å²) in [6.07, 6.45) is 1.24. The van der Waals surface area contributed by atoms with Crippen LogP contribution in [0, 0.1) is 6.92 Å². The molecular formula is C10H13N3O3S. The number of hydrogen-bond donors (Lipinski definition) is 3. The first-order chi connectivity index (χ1) is 8.06. The van der Waals surface area contributed by atoms with Crippen molar-refractivity contribution in [3.63, 3.8) is 0 Å². The number of piperidine rings is 1. The number of aryl methyl sites for hydroxylation is 1. The van der Waals surface area contributed by atoms with Crippen molar-refractivity contribution in [2.45, 2.75) is 25.8 Å². The Bertz CT molecular complexity index is 448. The van der Waals surface area contributed by atoms with E-state index >= 15 is 0 Å². The number of aromatic nitrogens is 1. The van der Waals surface area contributed by atoms with Crippen LogP contribution in [0.25, 0.3) is 0 Å². The lowest BCUT2D eigenvalue weighted by molar-refractivity contribution is -0.122. The Hall–Kier alpha value is -1.63. The van der Waals surface area contributed by atoms with E-state index < -0.39 is 5.97 Å². The van der Waals surface area contributed by atoms with Gasteiger partial charge in [-0.2, -0.15) is 0 Å². The van der Waals surface area contributed by atoms with E-state index in [1.54, 1.807) is 6.92 Å². The second kappa shape index (κ2) is 4.70. The quantitative estimate of drug-likeness (QED) is 0.744. The van der Waals surface area contributed by atoms with E-state index in [1.165, 1.54) is 0 Å². The number of hydrogen-bond acceptors (Lipinski definition) is 5. The van der Waals surface area contributed by atoms with Crippen molar-refractivity contribution >= 4 is 28.3 Å². The summed E-state index contributed by atoms with van der Waals surface area (Å²) < 4.78 is 0. The lowest BCUT2D eigenvalue weighted by atomic mass is 10.1. The standard InChI is InChI=1S/C10H13N3O3S/c1-5-8(9(15)16)17-10(12-5)13-6-2-3-7(14)11-4-6/h6H,2-4H2,1H3,(H,11,14)(H,12,13)(H,15,16). The van der Waals surface area contributed by atoms with Crippen LogP contribution in [0.2, 0.25) is 0 Å². The Morgan fingerprint density at radius 1 is 1.65 bits per heavy atom. The lowest BCUT2D eigenvalue weighted by Crippen LogP contribution is -2.41. The van der Waals surface area contributed by atoms with Crippen molar-refractivity contribution in [3.8, 4) is 0 Å². The first kappa shape index (κ1) is 11.8. The maximum absolute atomic E-state index is 11.0. The number of nitrogens with one attached hydrogen (secondary N) is 2. The third-order valence-electron chi connectivity index (χ3n) is 2.58. The molecule has 92 valence electrons. The molecule has 3 N–H and O–H groups in total. The fourth-order valence-electron chi connectivity index (χ4n) is 1.69. The number of amides is 1. The smallest absolute Gasteiger partial charge is 0.347 e. The molecule has 2 heterocycles. The molecule has 1 aromatic heterocycles. The van der Waals surface area contributed by atoms with Crippen LogP contribution in [0.15, 0.2) is 0 Å². The third-order valence-corrected chi connectivity index (χ3v) is 3.66. The summed E-state index contributed by atoms with van der Waals surface area (Å²) in [7, 11) is 0. The summed E-state index contributed by atoms with van der Waals surface area (Å²) in [5.74, 6) is -0.894. The van der Waals surface area contributed by atoms with Crippen molar-refractivity contribution in [2.24, 2.45) is 0 Å². The highest BCUT2D eigenvalue weighted by molar-refractivity contribution is 7.17. The maximum Gasteiger partial charge on any atom is 0.347 e. The molecule has 0 aliphatic carbocycles. The van der Waals surface area contributed by atoms with E-state index in [-0.39, 0.29) is 16.8 Å². The molecule has 0 radical (unpaired) electrons. The highest BCUT2D eigenvalue weighted by Crippen LogP contribution is 2.23. The predicted molar refractivity (Wildman–Crippen MR) is 63.5 cm³/mol. The van der Waals surface area contributed by atoms with Crippen molar-refractivity contribution in [1.29, 1.82) is 0 Å². The summed E-state index contributed by atoms with van der Waals surface area (Å²) in [6.45, 7) is 2.23. The van der Waals surface area contributed by atoms with Crippen LogP contribution in [0.4, 0.5) is 5.13 Å². The van der Waals surface area contributed by atoms with E-state index in [2.05, 4.69) is 15.6 Å². The number of anilines is 1. The third kappa shape index (κ3) is 2.73. The summed E-state index contributed by atoms with van der Waals surface area (Å²) in [6, 6.07) is 0.125. The summed E-state index contributed by atoms with van der Waals surface area (Å²) >= 11 is 1.13. The Morgan fingerprint density at radius 3 is 2.94 bits per heavy atom. The minimum Gasteiger partial charge on any atom is -0.477 e. The van der Waals surface area contributed by atoms with Crippen LogP contribution in [0.5, 0.6) is 0 Å². The van der Waals surface area contributed by atoms with E-state index in [0.717, 1.165) is 17.8 Å². The van der Waals surface area contributed by atoms with Gasteiger partial charge in [0.25, 0.3) is 0 Å². The van der Waals surface area contributed by atoms with Gasteiger partial charge in [-0.3, -0.25) is 4.79 Å². The molecule has 0 spiro atoms. The van der Waals surface area contributed by atoms with E-state index in [1.807, 2.05) is 0 Å². The highest BCUT2D eigenvalue weighted by atomic mass is 32.1. The molecular weight excluding hydrogens is 242 g/mol. The van der Waals surface area contributed by atoms with Crippen LogP contribution < -0.4 is 10.6 Å². The molecule has 1 unspecified atom stereocenters. The number of carboxylic acid groups (broad SMARTS) is 1. The maximum atomic E-state index is 11.0. The van der Waals surface area contributed by atoms with Crippen LogP contribution in [0.3, 0.4) is 0 Å². The molecule has 1 fully saturated rings. The van der Waals surface area contributed by atoms with Gasteiger partial charge in [0, 0.05) is 19.0 Å². The summed E-state index contributed by atoms with van der Waals surface area (Å²) in [4.78, 5) is 26.3.